The molecule has 3 nitrogen and oxygen atoms in total. The van der Waals surface area contributed by atoms with Crippen LogP contribution in [0.25, 0.3) is 0 Å². The maximum atomic E-state index is 10.9. The molecule has 14 heavy (non-hydrogen) atoms. The summed E-state index contributed by atoms with van der Waals surface area (Å²) in [5.41, 5.74) is 0.393. The SMILES string of the molecule is O=S(=O)(Cl)CC1CC2(CCC2)CCO1. The average Bonchev–Trinajstić information content (AvgIpc) is 1.99. The lowest BCUT2D eigenvalue weighted by Gasteiger charge is -2.47. The van der Waals surface area contributed by atoms with Crippen LogP contribution in [0.4, 0.5) is 0 Å². The normalized spacial score (nSPS) is 31.4. The quantitative estimate of drug-likeness (QED) is 0.691. The Morgan fingerprint density at radius 2 is 2.07 bits per heavy atom. The van der Waals surface area contributed by atoms with E-state index >= 15 is 0 Å². The summed E-state index contributed by atoms with van der Waals surface area (Å²) in [5.74, 6) is -0.0314. The molecule has 1 heterocycles. The molecule has 1 saturated heterocycles. The van der Waals surface area contributed by atoms with Gasteiger partial charge < -0.3 is 4.74 Å². The molecule has 0 bridgehead atoms. The number of hydrogen-bond acceptors (Lipinski definition) is 3. The highest BCUT2D eigenvalue weighted by molar-refractivity contribution is 8.13. The van der Waals surface area contributed by atoms with Crippen molar-refractivity contribution in [1.82, 2.24) is 0 Å². The van der Waals surface area contributed by atoms with Gasteiger partial charge in [0.1, 0.15) is 0 Å². The summed E-state index contributed by atoms with van der Waals surface area (Å²) in [4.78, 5) is 0. The Kier molecular flexibility index (Phi) is 2.79. The van der Waals surface area contributed by atoms with E-state index in [1.807, 2.05) is 0 Å². The fourth-order valence-electron chi connectivity index (χ4n) is 2.55. The molecule has 82 valence electrons. The van der Waals surface area contributed by atoms with Crippen molar-refractivity contribution >= 4 is 19.7 Å². The van der Waals surface area contributed by atoms with Gasteiger partial charge in [-0.1, -0.05) is 6.42 Å². The summed E-state index contributed by atoms with van der Waals surface area (Å²) in [6, 6.07) is 0. The van der Waals surface area contributed by atoms with Gasteiger partial charge in [0.05, 0.1) is 11.9 Å². The fourth-order valence-corrected chi connectivity index (χ4v) is 3.63. The number of ether oxygens (including phenoxy) is 1. The van der Waals surface area contributed by atoms with Crippen LogP contribution in [0.2, 0.25) is 0 Å². The van der Waals surface area contributed by atoms with Crippen molar-refractivity contribution in [3.8, 4) is 0 Å². The molecule has 0 amide bonds. The lowest BCUT2D eigenvalue weighted by molar-refractivity contribution is -0.0702. The predicted molar refractivity (Wildman–Crippen MR) is 54.9 cm³/mol. The Morgan fingerprint density at radius 1 is 1.36 bits per heavy atom. The molecule has 2 rings (SSSR count). The van der Waals surface area contributed by atoms with E-state index in [-0.39, 0.29) is 11.9 Å². The summed E-state index contributed by atoms with van der Waals surface area (Å²) in [6.07, 6.45) is 5.53. The molecule has 1 unspecified atom stereocenters. The van der Waals surface area contributed by atoms with E-state index < -0.39 is 9.05 Å². The first-order valence-corrected chi connectivity index (χ1v) is 7.51. The molecule has 0 aromatic heterocycles. The molecular weight excluding hydrogens is 224 g/mol. The number of hydrogen-bond donors (Lipinski definition) is 0. The Hall–Kier alpha value is 0.200. The van der Waals surface area contributed by atoms with Crippen molar-refractivity contribution in [2.45, 2.75) is 38.2 Å². The van der Waals surface area contributed by atoms with Crippen LogP contribution in [0.5, 0.6) is 0 Å². The van der Waals surface area contributed by atoms with Crippen molar-refractivity contribution in [2.24, 2.45) is 5.41 Å². The molecule has 1 aliphatic heterocycles. The second-order valence-electron chi connectivity index (χ2n) is 4.51. The van der Waals surface area contributed by atoms with Crippen LogP contribution in [-0.4, -0.2) is 26.9 Å². The van der Waals surface area contributed by atoms with Gasteiger partial charge in [-0.05, 0) is 31.1 Å². The molecule has 5 heteroatoms. The van der Waals surface area contributed by atoms with Crippen molar-refractivity contribution in [1.29, 1.82) is 0 Å². The topological polar surface area (TPSA) is 43.4 Å². The molecule has 0 aromatic rings. The average molecular weight is 239 g/mol. The van der Waals surface area contributed by atoms with Crippen molar-refractivity contribution in [3.63, 3.8) is 0 Å². The largest absolute Gasteiger partial charge is 0.377 e. The van der Waals surface area contributed by atoms with Crippen LogP contribution in [-0.2, 0) is 13.8 Å². The minimum atomic E-state index is -3.41. The third-order valence-electron chi connectivity index (χ3n) is 3.45. The zero-order valence-corrected chi connectivity index (χ0v) is 9.61. The lowest BCUT2D eigenvalue weighted by atomic mass is 9.63. The Balaban J connectivity index is 1.94. The third kappa shape index (κ3) is 2.41. The Bertz CT molecular complexity index is 308. The summed E-state index contributed by atoms with van der Waals surface area (Å²) < 4.78 is 27.2. The van der Waals surface area contributed by atoms with E-state index in [2.05, 4.69) is 0 Å². The van der Waals surface area contributed by atoms with E-state index in [4.69, 9.17) is 15.4 Å². The van der Waals surface area contributed by atoms with Crippen LogP contribution in [0.15, 0.2) is 0 Å². The fraction of sp³-hybridized carbons (Fsp3) is 1.00. The highest BCUT2D eigenvalue weighted by atomic mass is 35.7. The monoisotopic (exact) mass is 238 g/mol. The molecular formula is C9H15ClO3S. The van der Waals surface area contributed by atoms with E-state index in [1.165, 1.54) is 19.3 Å². The zero-order valence-electron chi connectivity index (χ0n) is 8.04. The van der Waals surface area contributed by atoms with Gasteiger partial charge in [0.25, 0.3) is 0 Å². The molecule has 1 saturated carbocycles. The second-order valence-corrected chi connectivity index (χ2v) is 7.33. The maximum absolute atomic E-state index is 10.9. The van der Waals surface area contributed by atoms with Crippen molar-refractivity contribution in [2.75, 3.05) is 12.4 Å². The van der Waals surface area contributed by atoms with Gasteiger partial charge in [0.15, 0.2) is 0 Å². The molecule has 2 fully saturated rings. The summed E-state index contributed by atoms with van der Waals surface area (Å²) in [6.45, 7) is 0.692. The van der Waals surface area contributed by atoms with Gasteiger partial charge in [-0.3, -0.25) is 0 Å². The van der Waals surface area contributed by atoms with Gasteiger partial charge in [0.2, 0.25) is 9.05 Å². The highest BCUT2D eigenvalue weighted by Gasteiger charge is 2.42. The first-order valence-electron chi connectivity index (χ1n) is 5.03. The standard InChI is InChI=1S/C9H15ClO3S/c10-14(11,12)7-8-6-9(2-1-3-9)4-5-13-8/h8H,1-7H2. The van der Waals surface area contributed by atoms with E-state index in [9.17, 15) is 8.42 Å². The second kappa shape index (κ2) is 3.65. The molecule has 0 aromatic carbocycles. The molecule has 2 aliphatic rings. The zero-order chi connectivity index (χ0) is 10.2. The van der Waals surface area contributed by atoms with Crippen molar-refractivity contribution in [3.05, 3.63) is 0 Å². The summed E-state index contributed by atoms with van der Waals surface area (Å²) >= 11 is 0. The van der Waals surface area contributed by atoms with Crippen LogP contribution in [0, 0.1) is 5.41 Å². The van der Waals surface area contributed by atoms with Gasteiger partial charge >= 0.3 is 0 Å². The first kappa shape index (κ1) is 10.7. The minimum absolute atomic E-state index is 0.0314. The lowest BCUT2D eigenvalue weighted by Crippen LogP contribution is -2.42. The smallest absolute Gasteiger partial charge is 0.235 e. The molecule has 0 N–H and O–H groups in total. The third-order valence-corrected chi connectivity index (χ3v) is 4.59. The van der Waals surface area contributed by atoms with E-state index in [0.29, 0.717) is 12.0 Å². The number of halogens is 1. The van der Waals surface area contributed by atoms with Crippen LogP contribution in [0.1, 0.15) is 32.1 Å². The van der Waals surface area contributed by atoms with Gasteiger partial charge in [-0.2, -0.15) is 0 Å². The summed E-state index contributed by atoms with van der Waals surface area (Å²) in [5, 5.41) is 0. The van der Waals surface area contributed by atoms with E-state index in [1.54, 1.807) is 0 Å². The molecule has 1 aliphatic carbocycles. The Labute approximate surface area is 89.2 Å². The minimum Gasteiger partial charge on any atom is -0.377 e. The molecule has 1 atom stereocenters. The first-order chi connectivity index (χ1) is 6.49. The van der Waals surface area contributed by atoms with Crippen molar-refractivity contribution < 1.29 is 13.2 Å². The van der Waals surface area contributed by atoms with Gasteiger partial charge in [0, 0.05) is 17.3 Å². The van der Waals surface area contributed by atoms with E-state index in [0.717, 1.165) is 12.8 Å². The number of rotatable bonds is 2. The predicted octanol–water partition coefficient (Wildman–Crippen LogP) is 1.90. The summed E-state index contributed by atoms with van der Waals surface area (Å²) in [7, 11) is 1.80. The van der Waals surface area contributed by atoms with Crippen LogP contribution >= 0.6 is 10.7 Å². The van der Waals surface area contributed by atoms with Crippen LogP contribution in [0.3, 0.4) is 0 Å². The molecule has 1 spiro atoms. The highest BCUT2D eigenvalue weighted by Crippen LogP contribution is 2.50. The molecule has 0 radical (unpaired) electrons. The Morgan fingerprint density at radius 3 is 2.57 bits per heavy atom. The van der Waals surface area contributed by atoms with Crippen LogP contribution < -0.4 is 0 Å². The van der Waals surface area contributed by atoms with Gasteiger partial charge in [-0.15, -0.1) is 0 Å². The maximum Gasteiger partial charge on any atom is 0.235 e. The van der Waals surface area contributed by atoms with Gasteiger partial charge in [-0.25, -0.2) is 8.42 Å².